The predicted molar refractivity (Wildman–Crippen MR) is 55.3 cm³/mol. The topological polar surface area (TPSA) is 73.8 Å². The van der Waals surface area contributed by atoms with E-state index >= 15 is 0 Å². The number of benzene rings is 1. The SMILES string of the molecule is Cn1ncnc1C(=O)c1ccccc1N. The molecule has 15 heavy (non-hydrogen) atoms. The van der Waals surface area contributed by atoms with Crippen LogP contribution >= 0.6 is 0 Å². The van der Waals surface area contributed by atoms with Crippen molar-refractivity contribution in [3.8, 4) is 0 Å². The number of aryl methyl sites for hydroxylation is 1. The van der Waals surface area contributed by atoms with Crippen LogP contribution in [0, 0.1) is 0 Å². The summed E-state index contributed by atoms with van der Waals surface area (Å²) in [4.78, 5) is 15.8. The predicted octanol–water partition coefficient (Wildman–Crippen LogP) is 0.628. The minimum absolute atomic E-state index is 0.215. The Bertz CT molecular complexity index is 504. The Labute approximate surface area is 86.5 Å². The van der Waals surface area contributed by atoms with E-state index in [1.54, 1.807) is 31.3 Å². The normalized spacial score (nSPS) is 10.2. The van der Waals surface area contributed by atoms with Gasteiger partial charge in [0, 0.05) is 18.3 Å². The molecule has 0 amide bonds. The van der Waals surface area contributed by atoms with Gasteiger partial charge < -0.3 is 5.73 Å². The maximum absolute atomic E-state index is 11.9. The van der Waals surface area contributed by atoms with E-state index in [0.29, 0.717) is 11.3 Å². The molecule has 1 aromatic carbocycles. The molecule has 1 aromatic heterocycles. The first-order chi connectivity index (χ1) is 7.20. The summed E-state index contributed by atoms with van der Waals surface area (Å²) in [6.07, 6.45) is 1.34. The highest BCUT2D eigenvalue weighted by Gasteiger charge is 2.16. The monoisotopic (exact) mass is 202 g/mol. The number of nitrogens with zero attached hydrogens (tertiary/aromatic N) is 3. The molecule has 0 saturated heterocycles. The minimum atomic E-state index is -0.215. The summed E-state index contributed by atoms with van der Waals surface area (Å²) in [5.74, 6) is 0.0704. The van der Waals surface area contributed by atoms with Crippen molar-refractivity contribution in [3.63, 3.8) is 0 Å². The number of ketones is 1. The van der Waals surface area contributed by atoms with Crippen LogP contribution in [0.3, 0.4) is 0 Å². The van der Waals surface area contributed by atoms with Crippen LogP contribution in [-0.2, 0) is 7.05 Å². The van der Waals surface area contributed by atoms with Crippen LogP contribution in [0.4, 0.5) is 5.69 Å². The number of nitrogen functional groups attached to an aromatic ring is 1. The first-order valence-electron chi connectivity index (χ1n) is 4.43. The molecule has 5 nitrogen and oxygen atoms in total. The van der Waals surface area contributed by atoms with Gasteiger partial charge in [-0.1, -0.05) is 12.1 Å². The lowest BCUT2D eigenvalue weighted by molar-refractivity contribution is 0.102. The van der Waals surface area contributed by atoms with E-state index in [-0.39, 0.29) is 11.6 Å². The van der Waals surface area contributed by atoms with Gasteiger partial charge >= 0.3 is 0 Å². The third-order valence-corrected chi connectivity index (χ3v) is 2.12. The van der Waals surface area contributed by atoms with E-state index < -0.39 is 0 Å². The Balaban J connectivity index is 2.46. The second-order valence-electron chi connectivity index (χ2n) is 3.12. The number of rotatable bonds is 2. The van der Waals surface area contributed by atoms with Gasteiger partial charge in [0.15, 0.2) is 5.82 Å². The van der Waals surface area contributed by atoms with Gasteiger partial charge in [0.05, 0.1) is 0 Å². The average molecular weight is 202 g/mol. The molecule has 0 saturated carbocycles. The van der Waals surface area contributed by atoms with Gasteiger partial charge in [-0.15, -0.1) is 0 Å². The van der Waals surface area contributed by atoms with Crippen molar-refractivity contribution in [1.29, 1.82) is 0 Å². The lowest BCUT2D eigenvalue weighted by atomic mass is 10.1. The zero-order valence-corrected chi connectivity index (χ0v) is 8.21. The van der Waals surface area contributed by atoms with Gasteiger partial charge in [-0.05, 0) is 12.1 Å². The Morgan fingerprint density at radius 2 is 2.13 bits per heavy atom. The molecular formula is C10H10N4O. The molecule has 2 N–H and O–H groups in total. The van der Waals surface area contributed by atoms with Crippen molar-refractivity contribution in [2.24, 2.45) is 7.05 Å². The van der Waals surface area contributed by atoms with Crippen LogP contribution in [0.1, 0.15) is 16.2 Å². The Morgan fingerprint density at radius 3 is 2.73 bits per heavy atom. The van der Waals surface area contributed by atoms with E-state index in [1.165, 1.54) is 11.0 Å². The van der Waals surface area contributed by atoms with Crippen LogP contribution in [0.2, 0.25) is 0 Å². The zero-order valence-electron chi connectivity index (χ0n) is 8.21. The van der Waals surface area contributed by atoms with Crippen molar-refractivity contribution >= 4 is 11.5 Å². The first kappa shape index (κ1) is 9.39. The van der Waals surface area contributed by atoms with Gasteiger partial charge in [0.1, 0.15) is 6.33 Å². The van der Waals surface area contributed by atoms with Gasteiger partial charge in [0.2, 0.25) is 5.78 Å². The van der Waals surface area contributed by atoms with Crippen molar-refractivity contribution < 1.29 is 4.79 Å². The molecule has 0 bridgehead atoms. The summed E-state index contributed by atoms with van der Waals surface area (Å²) in [5, 5.41) is 3.84. The summed E-state index contributed by atoms with van der Waals surface area (Å²) in [7, 11) is 1.67. The fraction of sp³-hybridized carbons (Fsp3) is 0.100. The molecule has 2 aromatic rings. The maximum atomic E-state index is 11.9. The number of hydrogen-bond donors (Lipinski definition) is 1. The number of nitrogens with two attached hydrogens (primary N) is 1. The number of aromatic nitrogens is 3. The maximum Gasteiger partial charge on any atom is 0.232 e. The zero-order chi connectivity index (χ0) is 10.8. The number of anilines is 1. The highest BCUT2D eigenvalue weighted by molar-refractivity contribution is 6.09. The number of para-hydroxylation sites is 1. The molecule has 1 heterocycles. The highest BCUT2D eigenvalue weighted by Crippen LogP contribution is 2.14. The van der Waals surface area contributed by atoms with Crippen LogP contribution in [0.15, 0.2) is 30.6 Å². The van der Waals surface area contributed by atoms with Gasteiger partial charge in [-0.25, -0.2) is 9.67 Å². The van der Waals surface area contributed by atoms with E-state index in [0.717, 1.165) is 0 Å². The average Bonchev–Trinajstić information content (AvgIpc) is 2.64. The largest absolute Gasteiger partial charge is 0.398 e. The first-order valence-corrected chi connectivity index (χ1v) is 4.43. The second-order valence-corrected chi connectivity index (χ2v) is 3.12. The number of carbonyl (C=O) groups excluding carboxylic acids is 1. The molecule has 0 atom stereocenters. The fourth-order valence-corrected chi connectivity index (χ4v) is 1.33. The number of carbonyl (C=O) groups is 1. The molecule has 2 rings (SSSR count). The fourth-order valence-electron chi connectivity index (χ4n) is 1.33. The molecule has 0 radical (unpaired) electrons. The molecular weight excluding hydrogens is 192 g/mol. The molecule has 0 fully saturated rings. The van der Waals surface area contributed by atoms with Crippen molar-refractivity contribution in [2.45, 2.75) is 0 Å². The Hall–Kier alpha value is -2.17. The standard InChI is InChI=1S/C10H10N4O/c1-14-10(12-6-13-14)9(15)7-4-2-3-5-8(7)11/h2-6H,11H2,1H3. The van der Waals surface area contributed by atoms with Gasteiger partial charge in [0.25, 0.3) is 0 Å². The second kappa shape index (κ2) is 3.53. The van der Waals surface area contributed by atoms with E-state index in [2.05, 4.69) is 10.1 Å². The molecule has 0 aliphatic rings. The quantitative estimate of drug-likeness (QED) is 0.572. The van der Waals surface area contributed by atoms with E-state index in [9.17, 15) is 4.79 Å². The molecule has 0 unspecified atom stereocenters. The van der Waals surface area contributed by atoms with E-state index in [1.807, 2.05) is 0 Å². The van der Waals surface area contributed by atoms with Crippen molar-refractivity contribution in [2.75, 3.05) is 5.73 Å². The lowest BCUT2D eigenvalue weighted by Crippen LogP contribution is -2.11. The van der Waals surface area contributed by atoms with Crippen molar-refractivity contribution in [1.82, 2.24) is 14.8 Å². The molecule has 0 spiro atoms. The summed E-state index contributed by atoms with van der Waals surface area (Å²) in [5.41, 5.74) is 6.60. The highest BCUT2D eigenvalue weighted by atomic mass is 16.1. The Kier molecular flexibility index (Phi) is 2.21. The van der Waals surface area contributed by atoms with Crippen LogP contribution < -0.4 is 5.73 Å². The molecule has 0 aliphatic heterocycles. The summed E-state index contributed by atoms with van der Waals surface area (Å²) < 4.78 is 1.43. The van der Waals surface area contributed by atoms with Crippen molar-refractivity contribution in [3.05, 3.63) is 42.0 Å². The van der Waals surface area contributed by atoms with E-state index in [4.69, 9.17) is 5.73 Å². The van der Waals surface area contributed by atoms with Gasteiger partial charge in [-0.2, -0.15) is 5.10 Å². The van der Waals surface area contributed by atoms with Crippen LogP contribution in [0.25, 0.3) is 0 Å². The molecule has 0 aliphatic carbocycles. The van der Waals surface area contributed by atoms with Crippen LogP contribution in [-0.4, -0.2) is 20.5 Å². The third kappa shape index (κ3) is 1.59. The molecule has 5 heteroatoms. The smallest absolute Gasteiger partial charge is 0.232 e. The molecule has 76 valence electrons. The number of hydrogen-bond acceptors (Lipinski definition) is 4. The third-order valence-electron chi connectivity index (χ3n) is 2.12. The Morgan fingerprint density at radius 1 is 1.40 bits per heavy atom. The summed E-state index contributed by atoms with van der Waals surface area (Å²) in [6, 6.07) is 6.90. The van der Waals surface area contributed by atoms with Crippen LogP contribution in [0.5, 0.6) is 0 Å². The minimum Gasteiger partial charge on any atom is -0.398 e. The summed E-state index contributed by atoms with van der Waals surface area (Å²) >= 11 is 0. The lowest BCUT2D eigenvalue weighted by Gasteiger charge is -2.02. The summed E-state index contributed by atoms with van der Waals surface area (Å²) in [6.45, 7) is 0. The van der Waals surface area contributed by atoms with Gasteiger partial charge in [-0.3, -0.25) is 4.79 Å².